The molecule has 5 heteroatoms. The highest BCUT2D eigenvalue weighted by Gasteiger charge is 2.06. The first-order chi connectivity index (χ1) is 9.06. The molecule has 100 valence electrons. The molecule has 0 saturated heterocycles. The summed E-state index contributed by atoms with van der Waals surface area (Å²) < 4.78 is 5.60. The molecule has 0 fully saturated rings. The van der Waals surface area contributed by atoms with Gasteiger partial charge in [0.1, 0.15) is 12.4 Å². The molecule has 0 spiro atoms. The highest BCUT2D eigenvalue weighted by atomic mass is 35.5. The van der Waals surface area contributed by atoms with Gasteiger partial charge in [0.15, 0.2) is 0 Å². The molecule has 1 unspecified atom stereocenters. The second-order valence-electron chi connectivity index (χ2n) is 4.12. The minimum absolute atomic E-state index is 0.249. The van der Waals surface area contributed by atoms with Crippen molar-refractivity contribution in [2.45, 2.75) is 19.6 Å². The van der Waals surface area contributed by atoms with Crippen LogP contribution < -0.4 is 4.74 Å². The standard InChI is InChI=1S/C14H13Cl2NO2/c1-9(18)10-3-2-4-12(5-10)19-8-14-13(16)6-11(15)7-17-14/h2-7,9,18H,8H2,1H3. The average Bonchev–Trinajstić information content (AvgIpc) is 2.38. The van der Waals surface area contributed by atoms with Crippen LogP contribution in [-0.2, 0) is 6.61 Å². The van der Waals surface area contributed by atoms with Crippen LogP contribution >= 0.6 is 23.2 Å². The van der Waals surface area contributed by atoms with E-state index in [-0.39, 0.29) is 6.61 Å². The summed E-state index contributed by atoms with van der Waals surface area (Å²) in [5, 5.41) is 10.5. The lowest BCUT2D eigenvalue weighted by atomic mass is 10.1. The molecule has 2 rings (SSSR count). The van der Waals surface area contributed by atoms with E-state index in [9.17, 15) is 5.11 Å². The lowest BCUT2D eigenvalue weighted by Gasteiger charge is -2.10. The summed E-state index contributed by atoms with van der Waals surface area (Å²) in [6, 6.07) is 8.89. The Hall–Kier alpha value is -1.29. The van der Waals surface area contributed by atoms with E-state index < -0.39 is 6.10 Å². The Morgan fingerprint density at radius 2 is 2.11 bits per heavy atom. The van der Waals surface area contributed by atoms with Crippen molar-refractivity contribution in [2.75, 3.05) is 0 Å². The van der Waals surface area contributed by atoms with Crippen LogP contribution in [0.1, 0.15) is 24.3 Å². The van der Waals surface area contributed by atoms with Crippen LogP contribution in [0.25, 0.3) is 0 Å². The number of halogens is 2. The lowest BCUT2D eigenvalue weighted by molar-refractivity contribution is 0.198. The Bertz CT molecular complexity index is 573. The Labute approximate surface area is 121 Å². The minimum atomic E-state index is -0.527. The molecule has 19 heavy (non-hydrogen) atoms. The maximum absolute atomic E-state index is 9.50. The SMILES string of the molecule is CC(O)c1cccc(OCc2ncc(Cl)cc2Cl)c1. The molecule has 1 aromatic heterocycles. The Kier molecular flexibility index (Phi) is 4.64. The lowest BCUT2D eigenvalue weighted by Crippen LogP contribution is -2.00. The van der Waals surface area contributed by atoms with E-state index in [1.165, 1.54) is 6.20 Å². The van der Waals surface area contributed by atoms with Gasteiger partial charge in [-0.2, -0.15) is 0 Å². The molecule has 1 heterocycles. The largest absolute Gasteiger partial charge is 0.487 e. The fourth-order valence-corrected chi connectivity index (χ4v) is 2.00. The summed E-state index contributed by atoms with van der Waals surface area (Å²) >= 11 is 11.8. The van der Waals surface area contributed by atoms with E-state index in [0.29, 0.717) is 21.5 Å². The molecular formula is C14H13Cl2NO2. The molecular weight excluding hydrogens is 285 g/mol. The first kappa shape index (κ1) is 14.1. The molecule has 0 saturated carbocycles. The molecule has 1 N–H and O–H groups in total. The van der Waals surface area contributed by atoms with Gasteiger partial charge in [0, 0.05) is 6.20 Å². The number of aromatic nitrogens is 1. The number of aliphatic hydroxyl groups excluding tert-OH is 1. The fourth-order valence-electron chi connectivity index (χ4n) is 1.56. The molecule has 1 aromatic carbocycles. The van der Waals surface area contributed by atoms with Crippen LogP contribution in [0.3, 0.4) is 0 Å². The molecule has 0 amide bonds. The Morgan fingerprint density at radius 3 is 2.79 bits per heavy atom. The van der Waals surface area contributed by atoms with Crippen LogP contribution in [0.4, 0.5) is 0 Å². The zero-order valence-corrected chi connectivity index (χ0v) is 11.8. The van der Waals surface area contributed by atoms with E-state index in [2.05, 4.69) is 4.98 Å². The van der Waals surface area contributed by atoms with Gasteiger partial charge in [-0.1, -0.05) is 35.3 Å². The normalized spacial score (nSPS) is 12.2. The van der Waals surface area contributed by atoms with Gasteiger partial charge < -0.3 is 9.84 Å². The Balaban J connectivity index is 2.08. The van der Waals surface area contributed by atoms with Gasteiger partial charge in [0.2, 0.25) is 0 Å². The molecule has 0 radical (unpaired) electrons. The van der Waals surface area contributed by atoms with Crippen molar-refractivity contribution in [3.05, 3.63) is 57.8 Å². The van der Waals surface area contributed by atoms with Crippen molar-refractivity contribution in [1.29, 1.82) is 0 Å². The number of benzene rings is 1. The third-order valence-electron chi connectivity index (χ3n) is 2.60. The summed E-state index contributed by atoms with van der Waals surface area (Å²) in [5.74, 6) is 0.659. The molecule has 0 aliphatic heterocycles. The average molecular weight is 298 g/mol. The zero-order valence-electron chi connectivity index (χ0n) is 10.3. The van der Waals surface area contributed by atoms with Gasteiger partial charge in [0.05, 0.1) is 21.8 Å². The molecule has 3 nitrogen and oxygen atoms in total. The van der Waals surface area contributed by atoms with Crippen molar-refractivity contribution < 1.29 is 9.84 Å². The molecule has 1 atom stereocenters. The van der Waals surface area contributed by atoms with Crippen molar-refractivity contribution in [3.63, 3.8) is 0 Å². The van der Waals surface area contributed by atoms with E-state index in [4.69, 9.17) is 27.9 Å². The summed E-state index contributed by atoms with van der Waals surface area (Å²) in [7, 11) is 0. The van der Waals surface area contributed by atoms with Crippen molar-refractivity contribution in [2.24, 2.45) is 0 Å². The number of hydrogen-bond acceptors (Lipinski definition) is 3. The predicted molar refractivity (Wildman–Crippen MR) is 75.7 cm³/mol. The van der Waals surface area contributed by atoms with Crippen LogP contribution in [0.5, 0.6) is 5.75 Å². The number of pyridine rings is 1. The summed E-state index contributed by atoms with van der Waals surface area (Å²) in [6.45, 7) is 1.95. The molecule has 0 bridgehead atoms. The second kappa shape index (κ2) is 6.24. The zero-order chi connectivity index (χ0) is 13.8. The number of rotatable bonds is 4. The van der Waals surface area contributed by atoms with E-state index in [0.717, 1.165) is 5.56 Å². The van der Waals surface area contributed by atoms with Crippen molar-refractivity contribution in [1.82, 2.24) is 4.98 Å². The highest BCUT2D eigenvalue weighted by Crippen LogP contribution is 2.22. The monoisotopic (exact) mass is 297 g/mol. The Morgan fingerprint density at radius 1 is 1.32 bits per heavy atom. The molecule has 0 aliphatic rings. The third kappa shape index (κ3) is 3.83. The van der Waals surface area contributed by atoms with Gasteiger partial charge in [-0.15, -0.1) is 0 Å². The third-order valence-corrected chi connectivity index (χ3v) is 3.13. The van der Waals surface area contributed by atoms with Crippen LogP contribution in [0, 0.1) is 0 Å². The quantitative estimate of drug-likeness (QED) is 0.927. The van der Waals surface area contributed by atoms with Crippen LogP contribution in [0.2, 0.25) is 10.0 Å². The fraction of sp³-hybridized carbons (Fsp3) is 0.214. The first-order valence-electron chi connectivity index (χ1n) is 5.77. The summed E-state index contributed by atoms with van der Waals surface area (Å²) in [4.78, 5) is 4.11. The number of aliphatic hydroxyl groups is 1. The number of nitrogens with zero attached hydrogens (tertiary/aromatic N) is 1. The van der Waals surface area contributed by atoms with Crippen molar-refractivity contribution >= 4 is 23.2 Å². The molecule has 2 aromatic rings. The number of ether oxygens (including phenoxy) is 1. The van der Waals surface area contributed by atoms with Crippen LogP contribution in [-0.4, -0.2) is 10.1 Å². The smallest absolute Gasteiger partial charge is 0.132 e. The maximum atomic E-state index is 9.50. The van der Waals surface area contributed by atoms with Gasteiger partial charge in [-0.3, -0.25) is 4.98 Å². The summed E-state index contributed by atoms with van der Waals surface area (Å²) in [5.41, 5.74) is 1.42. The van der Waals surface area contributed by atoms with E-state index >= 15 is 0 Å². The van der Waals surface area contributed by atoms with Gasteiger partial charge in [0.25, 0.3) is 0 Å². The van der Waals surface area contributed by atoms with E-state index in [1.54, 1.807) is 19.1 Å². The number of hydrogen-bond donors (Lipinski definition) is 1. The maximum Gasteiger partial charge on any atom is 0.132 e. The van der Waals surface area contributed by atoms with Gasteiger partial charge >= 0.3 is 0 Å². The second-order valence-corrected chi connectivity index (χ2v) is 4.96. The minimum Gasteiger partial charge on any atom is -0.487 e. The molecule has 0 aliphatic carbocycles. The summed E-state index contributed by atoms with van der Waals surface area (Å²) in [6.07, 6.45) is 0.999. The topological polar surface area (TPSA) is 42.4 Å². The van der Waals surface area contributed by atoms with Crippen molar-refractivity contribution in [3.8, 4) is 5.75 Å². The van der Waals surface area contributed by atoms with Gasteiger partial charge in [-0.25, -0.2) is 0 Å². The van der Waals surface area contributed by atoms with Gasteiger partial charge in [-0.05, 0) is 30.7 Å². The highest BCUT2D eigenvalue weighted by molar-refractivity contribution is 6.34. The van der Waals surface area contributed by atoms with Crippen LogP contribution in [0.15, 0.2) is 36.5 Å². The van der Waals surface area contributed by atoms with E-state index in [1.807, 2.05) is 18.2 Å². The predicted octanol–water partition coefficient (Wildman–Crippen LogP) is 4.02. The first-order valence-corrected chi connectivity index (χ1v) is 6.52.